The van der Waals surface area contributed by atoms with Gasteiger partial charge in [-0.15, -0.1) is 0 Å². The summed E-state index contributed by atoms with van der Waals surface area (Å²) in [7, 11) is -4.36. The predicted molar refractivity (Wildman–Crippen MR) is 193 cm³/mol. The average Bonchev–Trinajstić information content (AvgIpc) is 3.00. The van der Waals surface area contributed by atoms with Crippen LogP contribution < -0.4 is 5.32 Å². The quantitative estimate of drug-likeness (QED) is 0.0381. The lowest BCUT2D eigenvalue weighted by Crippen LogP contribution is -2.46. The Bertz CT molecular complexity index is 894. The summed E-state index contributed by atoms with van der Waals surface area (Å²) in [6, 6.07) is -1.08. The summed E-state index contributed by atoms with van der Waals surface area (Å²) < 4.78 is 32.3. The molecule has 0 aromatic heterocycles. The molecule has 0 aromatic rings. The highest BCUT2D eigenvalue weighted by Gasteiger charge is 2.24. The second kappa shape index (κ2) is 32.2. The Kier molecular flexibility index (Phi) is 31.0. The number of hydrogen-bond donors (Lipinski definition) is 3. The average molecular weight is 652 g/mol. The summed E-state index contributed by atoms with van der Waals surface area (Å²) in [6.07, 6.45) is 42.3. The van der Waals surface area contributed by atoms with E-state index < -0.39 is 28.0 Å². The van der Waals surface area contributed by atoms with E-state index in [0.717, 1.165) is 51.4 Å². The van der Waals surface area contributed by atoms with Gasteiger partial charge in [-0.3, -0.25) is 9.35 Å². The van der Waals surface area contributed by atoms with E-state index in [1.54, 1.807) is 6.08 Å². The molecule has 0 heterocycles. The van der Waals surface area contributed by atoms with Crippen molar-refractivity contribution in [3.63, 3.8) is 0 Å². The molecule has 0 aliphatic heterocycles. The van der Waals surface area contributed by atoms with E-state index in [0.29, 0.717) is 12.8 Å². The van der Waals surface area contributed by atoms with E-state index in [-0.39, 0.29) is 12.3 Å². The minimum atomic E-state index is -4.36. The summed E-state index contributed by atoms with van der Waals surface area (Å²) in [5, 5.41) is 13.1. The molecule has 0 saturated carbocycles. The Morgan fingerprint density at radius 3 is 1.42 bits per heavy atom. The molecule has 6 nitrogen and oxygen atoms in total. The van der Waals surface area contributed by atoms with Crippen LogP contribution in [-0.4, -0.2) is 41.9 Å². The fourth-order valence-electron chi connectivity index (χ4n) is 5.18. The summed E-state index contributed by atoms with van der Waals surface area (Å²) in [5.41, 5.74) is 0. The van der Waals surface area contributed by atoms with E-state index in [1.165, 1.54) is 89.5 Å². The van der Waals surface area contributed by atoms with Crippen molar-refractivity contribution in [2.24, 2.45) is 0 Å². The molecular weight excluding hydrogens is 582 g/mol. The molecule has 0 rings (SSSR count). The minimum absolute atomic E-state index is 0.273. The fourth-order valence-corrected chi connectivity index (χ4v) is 5.91. The molecule has 0 bridgehead atoms. The van der Waals surface area contributed by atoms with Crippen molar-refractivity contribution >= 4 is 16.0 Å². The van der Waals surface area contributed by atoms with Gasteiger partial charge in [0.05, 0.1) is 17.9 Å². The van der Waals surface area contributed by atoms with Gasteiger partial charge in [-0.05, 0) is 70.6 Å². The van der Waals surface area contributed by atoms with Gasteiger partial charge in [-0.2, -0.15) is 8.42 Å². The van der Waals surface area contributed by atoms with E-state index in [1.807, 2.05) is 0 Å². The van der Waals surface area contributed by atoms with Gasteiger partial charge in [-0.25, -0.2) is 0 Å². The monoisotopic (exact) mass is 651 g/mol. The molecule has 0 radical (unpaired) electrons. The van der Waals surface area contributed by atoms with Crippen molar-refractivity contribution in [1.29, 1.82) is 0 Å². The van der Waals surface area contributed by atoms with Crippen molar-refractivity contribution in [2.45, 2.75) is 180 Å². The molecule has 2 atom stereocenters. The van der Waals surface area contributed by atoms with Crippen molar-refractivity contribution in [1.82, 2.24) is 5.32 Å². The molecule has 2 unspecified atom stereocenters. The van der Waals surface area contributed by atoms with Gasteiger partial charge in [0, 0.05) is 6.42 Å². The first-order valence-electron chi connectivity index (χ1n) is 18.3. The third-order valence-electron chi connectivity index (χ3n) is 7.96. The number of carbonyl (C=O) groups is 1. The van der Waals surface area contributed by atoms with Crippen molar-refractivity contribution < 1.29 is 22.9 Å². The van der Waals surface area contributed by atoms with Gasteiger partial charge in [0.2, 0.25) is 5.91 Å². The van der Waals surface area contributed by atoms with E-state index in [2.05, 4.69) is 55.6 Å². The van der Waals surface area contributed by atoms with Crippen LogP contribution in [0.4, 0.5) is 0 Å². The third-order valence-corrected chi connectivity index (χ3v) is 8.74. The van der Waals surface area contributed by atoms with Crippen LogP contribution >= 0.6 is 0 Å². The molecule has 0 fully saturated rings. The first kappa shape index (κ1) is 43.3. The zero-order valence-corrected chi connectivity index (χ0v) is 29.8. The molecule has 7 heteroatoms. The lowest BCUT2D eigenvalue weighted by atomic mass is 10.1. The fraction of sp³-hybridized carbons (Fsp3) is 0.763. The zero-order chi connectivity index (χ0) is 33.3. The normalized spacial score (nSPS) is 14.0. The number of nitrogens with one attached hydrogen (secondary N) is 1. The molecule has 3 N–H and O–H groups in total. The first-order valence-corrected chi connectivity index (χ1v) is 19.9. The minimum Gasteiger partial charge on any atom is -0.387 e. The van der Waals surface area contributed by atoms with Crippen LogP contribution in [0.1, 0.15) is 168 Å². The van der Waals surface area contributed by atoms with Crippen molar-refractivity contribution in [3.8, 4) is 0 Å². The molecule has 0 saturated heterocycles. The van der Waals surface area contributed by atoms with Gasteiger partial charge < -0.3 is 10.4 Å². The summed E-state index contributed by atoms with van der Waals surface area (Å²) in [4.78, 5) is 12.4. The van der Waals surface area contributed by atoms with Crippen LogP contribution in [0.5, 0.6) is 0 Å². The lowest BCUT2D eigenvalue weighted by Gasteiger charge is -2.21. The molecule has 0 aromatic carbocycles. The predicted octanol–water partition coefficient (Wildman–Crippen LogP) is 10.3. The number of amides is 1. The lowest BCUT2D eigenvalue weighted by molar-refractivity contribution is -0.122. The largest absolute Gasteiger partial charge is 0.387 e. The highest BCUT2D eigenvalue weighted by atomic mass is 32.2. The Hall–Kier alpha value is -1.70. The van der Waals surface area contributed by atoms with Crippen LogP contribution in [0.25, 0.3) is 0 Å². The maximum Gasteiger partial charge on any atom is 0.267 e. The van der Waals surface area contributed by atoms with Gasteiger partial charge in [0.15, 0.2) is 0 Å². The van der Waals surface area contributed by atoms with Gasteiger partial charge in [0.25, 0.3) is 10.1 Å². The molecule has 1 amide bonds. The Morgan fingerprint density at radius 1 is 0.578 bits per heavy atom. The SMILES string of the molecule is CCCCCC/C=C\CCCCCCCC(=O)NC(CS(=O)(=O)O)C(O)/C=C/CC/C=C/CC/C=C/CCCCCCCCC. The summed E-state index contributed by atoms with van der Waals surface area (Å²) in [6.45, 7) is 4.48. The standard InChI is InChI=1S/C38H69NO5S/c1-3-5-7-9-11-13-15-17-18-19-20-22-23-25-27-29-31-33-37(40)36(35-45(42,43)44)39-38(41)34-32-30-28-26-24-21-16-14-12-10-8-6-4-2/h14,16,18-19,23,25,31,33,36-37,40H,3-13,15,17,20-22,24,26-30,32,34-35H2,1-2H3,(H,39,41)(H,42,43,44)/b16-14-,19-18+,25-23+,33-31+. The molecule has 0 spiro atoms. The first-order chi connectivity index (χ1) is 21.8. The Morgan fingerprint density at radius 2 is 0.956 bits per heavy atom. The highest BCUT2D eigenvalue weighted by Crippen LogP contribution is 2.11. The number of hydrogen-bond acceptors (Lipinski definition) is 4. The van der Waals surface area contributed by atoms with Crippen LogP contribution in [0.3, 0.4) is 0 Å². The summed E-state index contributed by atoms with van der Waals surface area (Å²) in [5.74, 6) is -1.02. The Balaban J connectivity index is 4.10. The number of allylic oxidation sites excluding steroid dienone is 7. The van der Waals surface area contributed by atoms with Gasteiger partial charge >= 0.3 is 0 Å². The molecule has 45 heavy (non-hydrogen) atoms. The van der Waals surface area contributed by atoms with Crippen molar-refractivity contribution in [2.75, 3.05) is 5.75 Å². The number of unbranched alkanes of at least 4 members (excludes halogenated alkanes) is 18. The molecule has 0 aliphatic carbocycles. The van der Waals surface area contributed by atoms with Crippen LogP contribution in [-0.2, 0) is 14.9 Å². The van der Waals surface area contributed by atoms with Crippen LogP contribution in [0.2, 0.25) is 0 Å². The van der Waals surface area contributed by atoms with Crippen LogP contribution in [0, 0.1) is 0 Å². The second-order valence-electron chi connectivity index (χ2n) is 12.5. The maximum atomic E-state index is 12.4. The molecular formula is C38H69NO5S. The second-order valence-corrected chi connectivity index (χ2v) is 14.0. The topological polar surface area (TPSA) is 104 Å². The molecule has 262 valence electrons. The number of carbonyl (C=O) groups excluding carboxylic acids is 1. The van der Waals surface area contributed by atoms with E-state index in [9.17, 15) is 22.9 Å². The van der Waals surface area contributed by atoms with Gasteiger partial charge in [-0.1, -0.05) is 140 Å². The smallest absolute Gasteiger partial charge is 0.267 e. The zero-order valence-electron chi connectivity index (χ0n) is 29.0. The van der Waals surface area contributed by atoms with Crippen molar-refractivity contribution in [3.05, 3.63) is 48.6 Å². The van der Waals surface area contributed by atoms with Crippen LogP contribution in [0.15, 0.2) is 48.6 Å². The van der Waals surface area contributed by atoms with Gasteiger partial charge in [0.1, 0.15) is 0 Å². The highest BCUT2D eigenvalue weighted by molar-refractivity contribution is 7.85. The summed E-state index contributed by atoms with van der Waals surface area (Å²) >= 11 is 0. The number of rotatable bonds is 32. The van der Waals surface area contributed by atoms with E-state index >= 15 is 0 Å². The number of aliphatic hydroxyl groups is 1. The Labute approximate surface area is 278 Å². The van der Waals surface area contributed by atoms with E-state index in [4.69, 9.17) is 0 Å². The maximum absolute atomic E-state index is 12.4. The molecule has 0 aliphatic rings. The number of aliphatic hydroxyl groups excluding tert-OH is 1. The third kappa shape index (κ3) is 33.5.